The van der Waals surface area contributed by atoms with Crippen molar-refractivity contribution in [3.05, 3.63) is 11.6 Å². The summed E-state index contributed by atoms with van der Waals surface area (Å²) in [6.07, 6.45) is 6.37. The maximum Gasteiger partial charge on any atom is 0.335 e. The van der Waals surface area contributed by atoms with Crippen molar-refractivity contribution >= 4 is 5.97 Å². The number of likely N-dealkylation sites (N-methyl/N-ethyl adjacent to an activating group) is 1. The summed E-state index contributed by atoms with van der Waals surface area (Å²) in [6.45, 7) is 4.11. The number of rotatable bonds is 1. The van der Waals surface area contributed by atoms with Gasteiger partial charge >= 0.3 is 5.97 Å². The summed E-state index contributed by atoms with van der Waals surface area (Å²) in [5, 5.41) is 3.33. The van der Waals surface area contributed by atoms with Gasteiger partial charge in [0.05, 0.1) is 17.2 Å². The van der Waals surface area contributed by atoms with Gasteiger partial charge in [-0.05, 0) is 52.5 Å². The number of esters is 1. The van der Waals surface area contributed by atoms with Crippen LogP contribution in [0, 0.1) is 5.92 Å². The van der Waals surface area contributed by atoms with Crippen LogP contribution in [0.15, 0.2) is 11.6 Å². The summed E-state index contributed by atoms with van der Waals surface area (Å²) in [5.41, 5.74) is 0.632. The van der Waals surface area contributed by atoms with E-state index in [1.165, 1.54) is 6.42 Å². The normalized spacial score (nSPS) is 39.4. The summed E-state index contributed by atoms with van der Waals surface area (Å²) in [4.78, 5) is 12.0. The predicted molar refractivity (Wildman–Crippen MR) is 63.1 cm³/mol. The van der Waals surface area contributed by atoms with E-state index < -0.39 is 0 Å². The third-order valence-corrected chi connectivity index (χ3v) is 4.21. The van der Waals surface area contributed by atoms with Crippen LogP contribution < -0.4 is 5.32 Å². The molecule has 3 atom stereocenters. The SMILES string of the molecule is CN[C@]1(C)C2=CCCC1CC[C@H](C)OC2=O. The summed E-state index contributed by atoms with van der Waals surface area (Å²) >= 11 is 0. The van der Waals surface area contributed by atoms with Crippen LogP contribution >= 0.6 is 0 Å². The van der Waals surface area contributed by atoms with Gasteiger partial charge in [0.2, 0.25) is 0 Å². The smallest absolute Gasteiger partial charge is 0.335 e. The van der Waals surface area contributed by atoms with E-state index in [9.17, 15) is 4.79 Å². The average Bonchev–Trinajstić information content (AvgIpc) is 2.27. The van der Waals surface area contributed by atoms with E-state index in [-0.39, 0.29) is 17.6 Å². The Hall–Kier alpha value is -0.830. The minimum atomic E-state index is -0.199. The number of nitrogens with one attached hydrogen (secondary N) is 1. The van der Waals surface area contributed by atoms with E-state index in [2.05, 4.69) is 12.2 Å². The fourth-order valence-corrected chi connectivity index (χ4v) is 2.96. The molecule has 90 valence electrons. The van der Waals surface area contributed by atoms with Gasteiger partial charge < -0.3 is 10.1 Å². The second kappa shape index (κ2) is 4.21. The zero-order chi connectivity index (χ0) is 11.8. The van der Waals surface area contributed by atoms with Crippen LogP contribution in [0.3, 0.4) is 0 Å². The predicted octanol–water partition coefficient (Wildman–Crippen LogP) is 2.03. The molecule has 0 amide bonds. The Kier molecular flexibility index (Phi) is 3.06. The molecule has 0 spiro atoms. The topological polar surface area (TPSA) is 38.3 Å². The van der Waals surface area contributed by atoms with Gasteiger partial charge in [0.25, 0.3) is 0 Å². The Bertz CT molecular complexity index is 324. The maximum absolute atomic E-state index is 12.0. The Morgan fingerprint density at radius 1 is 1.44 bits per heavy atom. The fourth-order valence-electron chi connectivity index (χ4n) is 2.96. The zero-order valence-corrected chi connectivity index (χ0v) is 10.4. The van der Waals surface area contributed by atoms with Crippen LogP contribution in [0.5, 0.6) is 0 Å². The highest BCUT2D eigenvalue weighted by Crippen LogP contribution is 2.39. The first kappa shape index (κ1) is 11.6. The molecule has 3 nitrogen and oxygen atoms in total. The number of hydrogen-bond acceptors (Lipinski definition) is 3. The van der Waals surface area contributed by atoms with Crippen molar-refractivity contribution in [3.8, 4) is 0 Å². The van der Waals surface area contributed by atoms with Crippen molar-refractivity contribution in [2.45, 2.75) is 51.2 Å². The highest BCUT2D eigenvalue weighted by molar-refractivity contribution is 5.91. The van der Waals surface area contributed by atoms with E-state index in [0.717, 1.165) is 24.8 Å². The maximum atomic E-state index is 12.0. The molecule has 2 bridgehead atoms. The van der Waals surface area contributed by atoms with Crippen molar-refractivity contribution in [1.82, 2.24) is 5.32 Å². The van der Waals surface area contributed by atoms with E-state index in [0.29, 0.717) is 5.92 Å². The summed E-state index contributed by atoms with van der Waals surface area (Å²) in [5.74, 6) is 0.418. The van der Waals surface area contributed by atoms with Gasteiger partial charge in [-0.2, -0.15) is 0 Å². The van der Waals surface area contributed by atoms with Gasteiger partial charge in [0.15, 0.2) is 0 Å². The lowest BCUT2D eigenvalue weighted by Gasteiger charge is -2.43. The van der Waals surface area contributed by atoms with Crippen LogP contribution in [-0.2, 0) is 9.53 Å². The molecule has 1 aliphatic carbocycles. The van der Waals surface area contributed by atoms with Crippen LogP contribution in [0.4, 0.5) is 0 Å². The molecule has 0 aromatic heterocycles. The van der Waals surface area contributed by atoms with Gasteiger partial charge in [-0.25, -0.2) is 4.79 Å². The molecule has 0 aromatic carbocycles. The van der Waals surface area contributed by atoms with Gasteiger partial charge in [-0.3, -0.25) is 0 Å². The fraction of sp³-hybridized carbons (Fsp3) is 0.769. The lowest BCUT2D eigenvalue weighted by Crippen LogP contribution is -2.53. The lowest BCUT2D eigenvalue weighted by molar-refractivity contribution is -0.146. The number of hydrogen-bond donors (Lipinski definition) is 1. The minimum Gasteiger partial charge on any atom is -0.459 e. The second-order valence-electron chi connectivity index (χ2n) is 5.14. The summed E-state index contributed by atoms with van der Waals surface area (Å²) in [7, 11) is 1.93. The first-order valence-electron chi connectivity index (χ1n) is 6.18. The van der Waals surface area contributed by atoms with Crippen LogP contribution in [0.2, 0.25) is 0 Å². The minimum absolute atomic E-state index is 0.0536. The Morgan fingerprint density at radius 2 is 2.19 bits per heavy atom. The van der Waals surface area contributed by atoms with Gasteiger partial charge in [0, 0.05) is 0 Å². The average molecular weight is 223 g/mol. The third kappa shape index (κ3) is 1.77. The van der Waals surface area contributed by atoms with Crippen molar-refractivity contribution in [2.24, 2.45) is 5.92 Å². The molecule has 3 heteroatoms. The molecule has 1 fully saturated rings. The van der Waals surface area contributed by atoms with Gasteiger partial charge in [0.1, 0.15) is 0 Å². The number of carbonyl (C=O) groups is 1. The van der Waals surface area contributed by atoms with Crippen LogP contribution in [0.25, 0.3) is 0 Å². The summed E-state index contributed by atoms with van der Waals surface area (Å²) in [6, 6.07) is 0. The number of cyclic esters (lactones) is 1. The monoisotopic (exact) mass is 223 g/mol. The Balaban J connectivity index is 2.36. The molecular weight excluding hydrogens is 202 g/mol. The molecule has 1 N–H and O–H groups in total. The van der Waals surface area contributed by atoms with Crippen molar-refractivity contribution in [2.75, 3.05) is 7.05 Å². The first-order valence-corrected chi connectivity index (χ1v) is 6.18. The largest absolute Gasteiger partial charge is 0.459 e. The molecule has 1 saturated heterocycles. The van der Waals surface area contributed by atoms with E-state index in [1.54, 1.807) is 0 Å². The van der Waals surface area contributed by atoms with E-state index >= 15 is 0 Å². The quantitative estimate of drug-likeness (QED) is 0.691. The highest BCUT2D eigenvalue weighted by atomic mass is 16.5. The summed E-state index contributed by atoms with van der Waals surface area (Å²) < 4.78 is 5.43. The Labute approximate surface area is 97.2 Å². The van der Waals surface area contributed by atoms with Gasteiger partial charge in [-0.15, -0.1) is 0 Å². The molecule has 0 radical (unpaired) electrons. The Morgan fingerprint density at radius 3 is 2.88 bits per heavy atom. The molecular formula is C13H21NO2. The second-order valence-corrected chi connectivity index (χ2v) is 5.14. The van der Waals surface area contributed by atoms with Crippen molar-refractivity contribution in [3.63, 3.8) is 0 Å². The lowest BCUT2D eigenvalue weighted by atomic mass is 9.70. The van der Waals surface area contributed by atoms with Gasteiger partial charge in [-0.1, -0.05) is 6.08 Å². The van der Waals surface area contributed by atoms with Crippen LogP contribution in [-0.4, -0.2) is 24.7 Å². The van der Waals surface area contributed by atoms with Crippen LogP contribution in [0.1, 0.15) is 39.5 Å². The molecule has 0 saturated carbocycles. The van der Waals surface area contributed by atoms with E-state index in [1.807, 2.05) is 20.0 Å². The molecule has 1 unspecified atom stereocenters. The molecule has 2 aliphatic rings. The number of carbonyl (C=O) groups excluding carboxylic acids is 1. The third-order valence-electron chi connectivity index (χ3n) is 4.21. The molecule has 16 heavy (non-hydrogen) atoms. The zero-order valence-electron chi connectivity index (χ0n) is 10.4. The molecule has 1 aliphatic heterocycles. The molecule has 1 heterocycles. The highest BCUT2D eigenvalue weighted by Gasteiger charge is 2.43. The standard InChI is InChI=1S/C13H21NO2/c1-9-7-8-10-5-4-6-11(12(15)16-9)13(10,2)14-3/h6,9-10,14H,4-5,7-8H2,1-3H3/t9-,10?,13-/m0/s1. The van der Waals surface area contributed by atoms with Crippen molar-refractivity contribution < 1.29 is 9.53 Å². The molecule has 2 rings (SSSR count). The van der Waals surface area contributed by atoms with Crippen molar-refractivity contribution in [1.29, 1.82) is 0 Å². The number of ether oxygens (including phenoxy) is 1. The molecule has 0 aromatic rings. The first-order chi connectivity index (χ1) is 7.58. The van der Waals surface area contributed by atoms with E-state index in [4.69, 9.17) is 4.74 Å². The number of fused-ring (bicyclic) bond motifs is 2. The number of allylic oxidation sites excluding steroid dienone is 1.